The van der Waals surface area contributed by atoms with Gasteiger partial charge in [0.25, 0.3) is 5.91 Å². The lowest BCUT2D eigenvalue weighted by Gasteiger charge is -2.30. The van der Waals surface area contributed by atoms with Gasteiger partial charge in [-0.3, -0.25) is 9.59 Å². The number of esters is 2. The van der Waals surface area contributed by atoms with E-state index in [4.69, 9.17) is 9.47 Å². The molecule has 2 aromatic rings. The summed E-state index contributed by atoms with van der Waals surface area (Å²) in [6.07, 6.45) is 5.29. The molecule has 9 nitrogen and oxygen atoms in total. The number of aromatic nitrogens is 2. The van der Waals surface area contributed by atoms with E-state index in [-0.39, 0.29) is 12.5 Å². The first-order valence-corrected chi connectivity index (χ1v) is 12.0. The van der Waals surface area contributed by atoms with Crippen molar-refractivity contribution in [3.05, 3.63) is 35.0 Å². The molecule has 3 rings (SSSR count). The summed E-state index contributed by atoms with van der Waals surface area (Å²) in [5, 5.41) is 4.98. The molecule has 0 radical (unpaired) electrons. The average molecular weight is 475 g/mol. The first kappa shape index (κ1) is 24.6. The van der Waals surface area contributed by atoms with Crippen LogP contribution in [-0.2, 0) is 25.5 Å². The smallest absolute Gasteiger partial charge is 0.341 e. The van der Waals surface area contributed by atoms with E-state index in [9.17, 15) is 14.4 Å². The Morgan fingerprint density at radius 3 is 2.52 bits per heavy atom. The Balaban J connectivity index is 1.51. The van der Waals surface area contributed by atoms with E-state index in [0.29, 0.717) is 54.8 Å². The minimum Gasteiger partial charge on any atom is -0.462 e. The van der Waals surface area contributed by atoms with Crippen LogP contribution in [0.25, 0.3) is 0 Å². The third-order valence-corrected chi connectivity index (χ3v) is 6.18. The van der Waals surface area contributed by atoms with Crippen LogP contribution in [0.4, 0.5) is 10.9 Å². The van der Waals surface area contributed by atoms with Crippen LogP contribution in [0.3, 0.4) is 0 Å². The molecule has 3 heterocycles. The van der Waals surface area contributed by atoms with Crippen molar-refractivity contribution in [1.29, 1.82) is 0 Å². The van der Waals surface area contributed by atoms with Crippen molar-refractivity contribution in [1.82, 2.24) is 9.97 Å². The number of carbonyl (C=O) groups is 3. The zero-order valence-electron chi connectivity index (χ0n) is 19.2. The number of hydrogen-bond acceptors (Lipinski definition) is 9. The van der Waals surface area contributed by atoms with Gasteiger partial charge in [0.15, 0.2) is 6.61 Å². The molecule has 10 heteroatoms. The first-order chi connectivity index (χ1) is 15.9. The van der Waals surface area contributed by atoms with Crippen molar-refractivity contribution in [2.24, 2.45) is 11.8 Å². The molecule has 0 aromatic carbocycles. The Labute approximate surface area is 197 Å². The van der Waals surface area contributed by atoms with Gasteiger partial charge in [0.2, 0.25) is 5.95 Å². The maximum Gasteiger partial charge on any atom is 0.341 e. The topological polar surface area (TPSA) is 111 Å². The predicted molar refractivity (Wildman–Crippen MR) is 125 cm³/mol. The number of carbonyl (C=O) groups excluding carboxylic acids is 3. The van der Waals surface area contributed by atoms with Gasteiger partial charge < -0.3 is 19.7 Å². The van der Waals surface area contributed by atoms with Gasteiger partial charge in [-0.1, -0.05) is 13.8 Å². The van der Waals surface area contributed by atoms with E-state index in [1.165, 1.54) is 11.3 Å². The summed E-state index contributed by atoms with van der Waals surface area (Å²) in [4.78, 5) is 47.8. The highest BCUT2D eigenvalue weighted by Crippen LogP contribution is 2.31. The van der Waals surface area contributed by atoms with E-state index < -0.39 is 24.5 Å². The van der Waals surface area contributed by atoms with Crippen molar-refractivity contribution in [3.63, 3.8) is 0 Å². The maximum atomic E-state index is 12.5. The molecule has 1 N–H and O–H groups in total. The zero-order chi connectivity index (χ0) is 23.8. The molecule has 0 unspecified atom stereocenters. The summed E-state index contributed by atoms with van der Waals surface area (Å²) >= 11 is 1.27. The summed E-state index contributed by atoms with van der Waals surface area (Å²) in [5.74, 6) is -0.618. The molecule has 178 valence electrons. The molecule has 33 heavy (non-hydrogen) atoms. The lowest BCUT2D eigenvalue weighted by Crippen LogP contribution is -2.38. The third-order valence-electron chi connectivity index (χ3n) is 5.24. The number of piperidine rings is 1. The van der Waals surface area contributed by atoms with E-state index in [2.05, 4.69) is 29.1 Å². The molecule has 1 aliphatic rings. The van der Waals surface area contributed by atoms with Gasteiger partial charge in [-0.2, -0.15) is 0 Å². The molecular weight excluding hydrogens is 444 g/mol. The summed E-state index contributed by atoms with van der Waals surface area (Å²) in [7, 11) is 0. The van der Waals surface area contributed by atoms with Gasteiger partial charge in [0.1, 0.15) is 5.00 Å². The summed E-state index contributed by atoms with van der Waals surface area (Å²) in [5.41, 5.74) is 1.22. The molecule has 1 aliphatic heterocycles. The fourth-order valence-corrected chi connectivity index (χ4v) is 4.67. The van der Waals surface area contributed by atoms with Gasteiger partial charge in [0.05, 0.1) is 18.1 Å². The second-order valence-electron chi connectivity index (χ2n) is 8.25. The Kier molecular flexibility index (Phi) is 8.76. The van der Waals surface area contributed by atoms with E-state index in [1.54, 1.807) is 25.4 Å². The van der Waals surface area contributed by atoms with Crippen LogP contribution >= 0.6 is 11.3 Å². The molecule has 0 atom stereocenters. The average Bonchev–Trinajstić information content (AvgIpc) is 3.19. The Bertz CT molecular complexity index is 955. The normalized spacial score (nSPS) is 14.2. The fraction of sp³-hybridized carbons (Fsp3) is 0.522. The van der Waals surface area contributed by atoms with Crippen LogP contribution in [0.2, 0.25) is 0 Å². The predicted octanol–water partition coefficient (Wildman–Crippen LogP) is 3.31. The SMILES string of the molecule is CCOC(=O)c1c(CC(C)C)csc1NC(=O)COC(=O)C1CCN(c2ncccn2)CC1. The minimum absolute atomic E-state index is 0.246. The number of rotatable bonds is 9. The number of amides is 1. The number of nitrogens with zero attached hydrogens (tertiary/aromatic N) is 3. The molecule has 1 saturated heterocycles. The van der Waals surface area contributed by atoms with Gasteiger partial charge >= 0.3 is 11.9 Å². The lowest BCUT2D eigenvalue weighted by molar-refractivity contribution is -0.152. The molecule has 0 bridgehead atoms. The molecule has 0 aliphatic carbocycles. The lowest BCUT2D eigenvalue weighted by atomic mass is 9.97. The van der Waals surface area contributed by atoms with Crippen LogP contribution in [-0.4, -0.2) is 54.1 Å². The quantitative estimate of drug-likeness (QED) is 0.551. The van der Waals surface area contributed by atoms with E-state index in [1.807, 2.05) is 10.3 Å². The number of nitrogens with one attached hydrogen (secondary N) is 1. The van der Waals surface area contributed by atoms with E-state index in [0.717, 1.165) is 5.56 Å². The Morgan fingerprint density at radius 2 is 1.88 bits per heavy atom. The molecule has 2 aromatic heterocycles. The summed E-state index contributed by atoms with van der Waals surface area (Å²) < 4.78 is 10.4. The molecule has 0 spiro atoms. The van der Waals surface area contributed by atoms with Crippen molar-refractivity contribution >= 4 is 40.1 Å². The van der Waals surface area contributed by atoms with Crippen molar-refractivity contribution in [2.75, 3.05) is 36.5 Å². The second-order valence-corrected chi connectivity index (χ2v) is 9.13. The highest BCUT2D eigenvalue weighted by Gasteiger charge is 2.28. The van der Waals surface area contributed by atoms with Crippen molar-refractivity contribution < 1.29 is 23.9 Å². The number of ether oxygens (including phenoxy) is 2. The first-order valence-electron chi connectivity index (χ1n) is 11.1. The maximum absolute atomic E-state index is 12.5. The number of anilines is 2. The highest BCUT2D eigenvalue weighted by molar-refractivity contribution is 7.15. The number of thiophene rings is 1. The molecule has 1 fully saturated rings. The summed E-state index contributed by atoms with van der Waals surface area (Å²) in [6.45, 7) is 6.99. The van der Waals surface area contributed by atoms with E-state index >= 15 is 0 Å². The zero-order valence-corrected chi connectivity index (χ0v) is 20.0. The molecule has 1 amide bonds. The monoisotopic (exact) mass is 474 g/mol. The van der Waals surface area contributed by atoms with Crippen molar-refractivity contribution in [3.8, 4) is 0 Å². The van der Waals surface area contributed by atoms with Gasteiger partial charge in [-0.25, -0.2) is 14.8 Å². The Hall–Kier alpha value is -3.01. The van der Waals surface area contributed by atoms with Crippen LogP contribution in [0.1, 0.15) is 49.5 Å². The standard InChI is InChI=1S/C23H30N4O5S/c1-4-31-22(30)19-17(12-15(2)3)14-33-20(19)26-18(28)13-32-21(29)16-6-10-27(11-7-16)23-24-8-5-9-25-23/h5,8-9,14-16H,4,6-7,10-13H2,1-3H3,(H,26,28). The fourth-order valence-electron chi connectivity index (χ4n) is 3.69. The van der Waals surface area contributed by atoms with Crippen molar-refractivity contribution in [2.45, 2.75) is 40.0 Å². The number of hydrogen-bond donors (Lipinski definition) is 1. The van der Waals surface area contributed by atoms with Gasteiger partial charge in [0, 0.05) is 25.5 Å². The van der Waals surface area contributed by atoms with Gasteiger partial charge in [-0.15, -0.1) is 11.3 Å². The Morgan fingerprint density at radius 1 is 1.18 bits per heavy atom. The summed E-state index contributed by atoms with van der Waals surface area (Å²) in [6, 6.07) is 1.76. The highest BCUT2D eigenvalue weighted by atomic mass is 32.1. The van der Waals surface area contributed by atoms with Crippen LogP contribution < -0.4 is 10.2 Å². The largest absolute Gasteiger partial charge is 0.462 e. The van der Waals surface area contributed by atoms with Crippen LogP contribution in [0.5, 0.6) is 0 Å². The second kappa shape index (κ2) is 11.7. The van der Waals surface area contributed by atoms with Gasteiger partial charge in [-0.05, 0) is 49.1 Å². The molecular formula is C23H30N4O5S. The third kappa shape index (κ3) is 6.74. The molecule has 0 saturated carbocycles. The van der Waals surface area contributed by atoms with Crippen LogP contribution in [0, 0.1) is 11.8 Å². The minimum atomic E-state index is -0.484. The van der Waals surface area contributed by atoms with Crippen LogP contribution in [0.15, 0.2) is 23.8 Å².